The van der Waals surface area contributed by atoms with Gasteiger partial charge in [-0.2, -0.15) is 13.2 Å². The van der Waals surface area contributed by atoms with Crippen molar-refractivity contribution >= 4 is 6.29 Å². The number of carbonyl (C=O) groups excluding carboxylic acids is 1. The molecule has 0 amide bonds. The number of aldehydes is 1. The lowest BCUT2D eigenvalue weighted by Gasteiger charge is -2.28. The highest BCUT2D eigenvalue weighted by molar-refractivity contribution is 5.75. The lowest BCUT2D eigenvalue weighted by atomic mass is 9.83. The Hall–Kier alpha value is -1.39. The van der Waals surface area contributed by atoms with Crippen molar-refractivity contribution in [2.24, 2.45) is 0 Å². The summed E-state index contributed by atoms with van der Waals surface area (Å²) in [6.07, 6.45) is -4.18. The van der Waals surface area contributed by atoms with Gasteiger partial charge in [-0.15, -0.1) is 0 Å². The van der Waals surface area contributed by atoms with Gasteiger partial charge in [-0.1, -0.05) is 0 Å². The second kappa shape index (κ2) is 3.88. The zero-order valence-corrected chi connectivity index (χ0v) is 8.73. The summed E-state index contributed by atoms with van der Waals surface area (Å²) < 4.78 is 51.0. The largest absolute Gasteiger partial charge is 0.397 e. The van der Waals surface area contributed by atoms with Crippen molar-refractivity contribution < 1.29 is 22.4 Å². The molecule has 1 nitrogen and oxygen atoms in total. The summed E-state index contributed by atoms with van der Waals surface area (Å²) in [7, 11) is 0. The van der Waals surface area contributed by atoms with Gasteiger partial charge in [-0.05, 0) is 37.6 Å². The fourth-order valence-electron chi connectivity index (χ4n) is 1.20. The number of hydrogen-bond donors (Lipinski definition) is 0. The molecule has 0 unspecified atom stereocenters. The average Bonchev–Trinajstić information content (AvgIpc) is 2.15. The molecule has 0 heterocycles. The van der Waals surface area contributed by atoms with Crippen molar-refractivity contribution in [2.75, 3.05) is 0 Å². The zero-order chi connectivity index (χ0) is 12.6. The van der Waals surface area contributed by atoms with Gasteiger partial charge >= 0.3 is 6.18 Å². The Morgan fingerprint density at radius 3 is 2.12 bits per heavy atom. The molecule has 0 aliphatic rings. The third-order valence-corrected chi connectivity index (χ3v) is 2.49. The summed E-state index contributed by atoms with van der Waals surface area (Å²) in [5.74, 6) is -0.850. The highest BCUT2D eigenvalue weighted by Gasteiger charge is 2.48. The Bertz CT molecular complexity index is 407. The summed E-state index contributed by atoms with van der Waals surface area (Å²) >= 11 is 0. The van der Waals surface area contributed by atoms with Crippen molar-refractivity contribution in [3.05, 3.63) is 35.1 Å². The first-order valence-corrected chi connectivity index (χ1v) is 4.51. The van der Waals surface area contributed by atoms with E-state index < -0.39 is 17.4 Å². The third-order valence-electron chi connectivity index (χ3n) is 2.49. The fraction of sp³-hybridized carbons (Fsp3) is 0.364. The molecule has 0 spiro atoms. The van der Waals surface area contributed by atoms with Gasteiger partial charge in [0.25, 0.3) is 0 Å². The lowest BCUT2D eigenvalue weighted by molar-refractivity contribution is -0.180. The maximum atomic E-state index is 13.0. The SMILES string of the molecule is CC(C)(c1cc(F)cc(C=O)c1)C(F)(F)F. The first kappa shape index (κ1) is 12.7. The van der Waals surface area contributed by atoms with Gasteiger partial charge in [-0.3, -0.25) is 4.79 Å². The number of benzene rings is 1. The third kappa shape index (κ3) is 2.23. The van der Waals surface area contributed by atoms with Crippen LogP contribution in [0.4, 0.5) is 17.6 Å². The summed E-state index contributed by atoms with van der Waals surface area (Å²) in [6, 6.07) is 2.73. The van der Waals surface area contributed by atoms with Crippen molar-refractivity contribution in [3.63, 3.8) is 0 Å². The van der Waals surface area contributed by atoms with Crippen LogP contribution in [-0.2, 0) is 5.41 Å². The van der Waals surface area contributed by atoms with Crippen LogP contribution in [0.15, 0.2) is 18.2 Å². The molecule has 0 aromatic heterocycles. The number of alkyl halides is 3. The lowest BCUT2D eigenvalue weighted by Crippen LogP contribution is -2.36. The minimum Gasteiger partial charge on any atom is -0.298 e. The molecule has 0 fully saturated rings. The molecule has 0 aliphatic carbocycles. The quantitative estimate of drug-likeness (QED) is 0.565. The maximum Gasteiger partial charge on any atom is 0.397 e. The van der Waals surface area contributed by atoms with Gasteiger partial charge in [0, 0.05) is 5.56 Å². The Labute approximate surface area is 90.1 Å². The number of rotatable bonds is 2. The monoisotopic (exact) mass is 234 g/mol. The highest BCUT2D eigenvalue weighted by atomic mass is 19.4. The van der Waals surface area contributed by atoms with Crippen LogP contribution in [0, 0.1) is 5.82 Å². The second-order valence-electron chi connectivity index (χ2n) is 4.01. The molecule has 16 heavy (non-hydrogen) atoms. The molecular weight excluding hydrogens is 224 g/mol. The standard InChI is InChI=1S/C11H10F4O/c1-10(2,11(13,14)15)8-3-7(6-16)4-9(12)5-8/h3-6H,1-2H3. The van der Waals surface area contributed by atoms with Gasteiger partial charge in [-0.25, -0.2) is 4.39 Å². The van der Waals surface area contributed by atoms with E-state index in [0.29, 0.717) is 6.29 Å². The summed E-state index contributed by atoms with van der Waals surface area (Å²) in [5, 5.41) is 0. The van der Waals surface area contributed by atoms with Gasteiger partial charge < -0.3 is 0 Å². The van der Waals surface area contributed by atoms with Gasteiger partial charge in [0.15, 0.2) is 0 Å². The van der Waals surface area contributed by atoms with E-state index in [2.05, 4.69) is 0 Å². The molecule has 0 N–H and O–H groups in total. The van der Waals surface area contributed by atoms with Gasteiger partial charge in [0.2, 0.25) is 0 Å². The van der Waals surface area contributed by atoms with E-state index in [0.717, 1.165) is 32.0 Å². The summed E-state index contributed by atoms with van der Waals surface area (Å²) in [4.78, 5) is 10.4. The predicted molar refractivity (Wildman–Crippen MR) is 50.9 cm³/mol. The highest BCUT2D eigenvalue weighted by Crippen LogP contribution is 2.40. The molecule has 1 aromatic rings. The van der Waals surface area contributed by atoms with Gasteiger partial charge in [0.05, 0.1) is 5.41 Å². The van der Waals surface area contributed by atoms with E-state index >= 15 is 0 Å². The molecule has 0 bridgehead atoms. The van der Waals surface area contributed by atoms with E-state index in [9.17, 15) is 22.4 Å². The fourth-order valence-corrected chi connectivity index (χ4v) is 1.20. The normalized spacial score (nSPS) is 12.6. The van der Waals surface area contributed by atoms with Crippen LogP contribution >= 0.6 is 0 Å². The van der Waals surface area contributed by atoms with Crippen LogP contribution in [0.2, 0.25) is 0 Å². The predicted octanol–water partition coefficient (Wildman–Crippen LogP) is 3.48. The molecular formula is C11H10F4O. The van der Waals surface area contributed by atoms with Crippen LogP contribution in [0.25, 0.3) is 0 Å². The minimum absolute atomic E-state index is 0.104. The van der Waals surface area contributed by atoms with Crippen molar-refractivity contribution in [1.29, 1.82) is 0 Å². The molecule has 1 aromatic carbocycles. The topological polar surface area (TPSA) is 17.1 Å². The van der Waals surface area contributed by atoms with Crippen molar-refractivity contribution in [3.8, 4) is 0 Å². The molecule has 88 valence electrons. The first-order valence-electron chi connectivity index (χ1n) is 4.51. The summed E-state index contributed by atoms with van der Waals surface area (Å²) in [6.45, 7) is 1.88. The molecule has 0 saturated heterocycles. The smallest absolute Gasteiger partial charge is 0.298 e. The molecule has 0 atom stereocenters. The Morgan fingerprint density at radius 1 is 1.12 bits per heavy atom. The van der Waals surface area contributed by atoms with E-state index in [1.807, 2.05) is 0 Å². The molecule has 1 rings (SSSR count). The molecule has 0 saturated carbocycles. The van der Waals surface area contributed by atoms with Crippen LogP contribution in [0.1, 0.15) is 29.8 Å². The first-order chi connectivity index (χ1) is 7.18. The van der Waals surface area contributed by atoms with Crippen molar-refractivity contribution in [1.82, 2.24) is 0 Å². The van der Waals surface area contributed by atoms with Crippen LogP contribution in [-0.4, -0.2) is 12.5 Å². The van der Waals surface area contributed by atoms with Crippen LogP contribution in [0.3, 0.4) is 0 Å². The maximum absolute atomic E-state index is 13.0. The average molecular weight is 234 g/mol. The zero-order valence-electron chi connectivity index (χ0n) is 8.73. The van der Waals surface area contributed by atoms with Gasteiger partial charge in [0.1, 0.15) is 12.1 Å². The Morgan fingerprint density at radius 2 is 1.69 bits per heavy atom. The van der Waals surface area contributed by atoms with Crippen LogP contribution < -0.4 is 0 Å². The van der Waals surface area contributed by atoms with Crippen molar-refractivity contribution in [2.45, 2.75) is 25.4 Å². The Kier molecular flexibility index (Phi) is 3.08. The molecule has 0 aliphatic heterocycles. The van der Waals surface area contributed by atoms with E-state index in [-0.39, 0.29) is 11.1 Å². The number of carbonyl (C=O) groups is 1. The van der Waals surface area contributed by atoms with E-state index in [1.54, 1.807) is 0 Å². The molecule has 0 radical (unpaired) electrons. The van der Waals surface area contributed by atoms with E-state index in [1.165, 1.54) is 0 Å². The Balaban J connectivity index is 3.33. The summed E-state index contributed by atoms with van der Waals surface area (Å²) in [5.41, 5.74) is -2.55. The number of halogens is 4. The van der Waals surface area contributed by atoms with E-state index in [4.69, 9.17) is 0 Å². The molecule has 5 heteroatoms. The second-order valence-corrected chi connectivity index (χ2v) is 4.01. The van der Waals surface area contributed by atoms with Crippen LogP contribution in [0.5, 0.6) is 0 Å². The number of hydrogen-bond acceptors (Lipinski definition) is 1. The minimum atomic E-state index is -4.50.